The Balaban J connectivity index is 1.57. The fraction of sp³-hybridized carbons (Fsp3) is 0.158. The number of carbonyl (C=O) groups is 1. The minimum Gasteiger partial charge on any atom is -0.322 e. The molecule has 4 aromatic rings. The van der Waals surface area contributed by atoms with Crippen LogP contribution in [0.2, 0.25) is 0 Å². The van der Waals surface area contributed by atoms with Crippen LogP contribution in [-0.2, 0) is 6.54 Å². The molecule has 0 bridgehead atoms. The van der Waals surface area contributed by atoms with E-state index in [9.17, 15) is 4.79 Å². The maximum atomic E-state index is 12.8. The fourth-order valence-corrected chi connectivity index (χ4v) is 3.32. The van der Waals surface area contributed by atoms with Gasteiger partial charge in [0.1, 0.15) is 5.56 Å². The first-order chi connectivity index (χ1) is 13.0. The molecule has 0 saturated carbocycles. The van der Waals surface area contributed by atoms with Crippen LogP contribution in [0.15, 0.2) is 53.4 Å². The zero-order chi connectivity index (χ0) is 19.0. The van der Waals surface area contributed by atoms with Gasteiger partial charge in [-0.2, -0.15) is 10.2 Å². The van der Waals surface area contributed by atoms with E-state index in [1.165, 1.54) is 0 Å². The summed E-state index contributed by atoms with van der Waals surface area (Å²) in [6.07, 6.45) is 5.20. The van der Waals surface area contributed by atoms with Crippen molar-refractivity contribution in [2.45, 2.75) is 20.4 Å². The topological polar surface area (TPSA) is 77.1 Å². The van der Waals surface area contributed by atoms with Crippen molar-refractivity contribution in [2.75, 3.05) is 5.32 Å². The molecule has 3 aromatic heterocycles. The van der Waals surface area contributed by atoms with E-state index in [2.05, 4.69) is 36.4 Å². The molecular formula is C19H17BrN6O. The van der Waals surface area contributed by atoms with Crippen molar-refractivity contribution in [2.24, 2.45) is 0 Å². The van der Waals surface area contributed by atoms with Gasteiger partial charge in [0.2, 0.25) is 0 Å². The molecule has 7 nitrogen and oxygen atoms in total. The standard InChI is InChI=1S/C19H17BrN6O/c1-12-6-13(2)26-18(23-12)17(9-22-26)19(27)24-16-5-3-4-14(7-16)10-25-11-15(20)8-21-25/h3-9,11H,10H2,1-2H3,(H,24,27). The van der Waals surface area contributed by atoms with Crippen LogP contribution in [0.4, 0.5) is 5.69 Å². The molecule has 27 heavy (non-hydrogen) atoms. The molecule has 0 saturated heterocycles. The summed E-state index contributed by atoms with van der Waals surface area (Å²) >= 11 is 3.39. The van der Waals surface area contributed by atoms with Crippen molar-refractivity contribution >= 4 is 33.2 Å². The van der Waals surface area contributed by atoms with Gasteiger partial charge in [0.25, 0.3) is 5.91 Å². The lowest BCUT2D eigenvalue weighted by Gasteiger charge is -2.08. The highest BCUT2D eigenvalue weighted by atomic mass is 79.9. The number of hydrogen-bond donors (Lipinski definition) is 1. The highest BCUT2D eigenvalue weighted by Crippen LogP contribution is 2.17. The van der Waals surface area contributed by atoms with Gasteiger partial charge in [-0.15, -0.1) is 0 Å². The molecule has 0 unspecified atom stereocenters. The molecule has 8 heteroatoms. The number of aromatic nitrogens is 5. The third-order valence-corrected chi connectivity index (χ3v) is 4.56. The van der Waals surface area contributed by atoms with E-state index in [0.29, 0.717) is 23.4 Å². The third kappa shape index (κ3) is 3.61. The molecule has 0 spiro atoms. The monoisotopic (exact) mass is 424 g/mol. The second-order valence-electron chi connectivity index (χ2n) is 6.34. The van der Waals surface area contributed by atoms with Crippen LogP contribution in [0.3, 0.4) is 0 Å². The van der Waals surface area contributed by atoms with Crippen molar-refractivity contribution in [3.8, 4) is 0 Å². The van der Waals surface area contributed by atoms with E-state index in [1.807, 2.05) is 55.1 Å². The smallest absolute Gasteiger partial charge is 0.261 e. The minimum absolute atomic E-state index is 0.235. The molecule has 0 atom stereocenters. The Labute approximate surface area is 164 Å². The van der Waals surface area contributed by atoms with Crippen LogP contribution in [0, 0.1) is 13.8 Å². The number of aryl methyl sites for hydroxylation is 2. The lowest BCUT2D eigenvalue weighted by Crippen LogP contribution is -2.13. The van der Waals surface area contributed by atoms with Crippen LogP contribution >= 0.6 is 15.9 Å². The van der Waals surface area contributed by atoms with E-state index in [0.717, 1.165) is 21.4 Å². The highest BCUT2D eigenvalue weighted by Gasteiger charge is 2.16. The van der Waals surface area contributed by atoms with Crippen LogP contribution in [0.5, 0.6) is 0 Å². The van der Waals surface area contributed by atoms with Crippen LogP contribution in [-0.4, -0.2) is 30.3 Å². The third-order valence-electron chi connectivity index (χ3n) is 4.15. The zero-order valence-corrected chi connectivity index (χ0v) is 16.4. The second kappa shape index (κ2) is 6.96. The highest BCUT2D eigenvalue weighted by molar-refractivity contribution is 9.10. The first-order valence-electron chi connectivity index (χ1n) is 8.40. The summed E-state index contributed by atoms with van der Waals surface area (Å²) in [4.78, 5) is 17.2. The van der Waals surface area contributed by atoms with Gasteiger partial charge in [-0.05, 0) is 53.5 Å². The second-order valence-corrected chi connectivity index (χ2v) is 7.26. The largest absolute Gasteiger partial charge is 0.322 e. The van der Waals surface area contributed by atoms with Gasteiger partial charge in [0.05, 0.1) is 23.4 Å². The molecule has 4 rings (SSSR count). The SMILES string of the molecule is Cc1cc(C)n2ncc(C(=O)Nc3cccc(Cn4cc(Br)cn4)c3)c2n1. The Morgan fingerprint density at radius 3 is 2.81 bits per heavy atom. The molecule has 1 aromatic carbocycles. The zero-order valence-electron chi connectivity index (χ0n) is 14.8. The maximum Gasteiger partial charge on any atom is 0.261 e. The number of fused-ring (bicyclic) bond motifs is 1. The van der Waals surface area contributed by atoms with Crippen molar-refractivity contribution < 1.29 is 4.79 Å². The summed E-state index contributed by atoms with van der Waals surface area (Å²) < 4.78 is 4.43. The number of nitrogens with one attached hydrogen (secondary N) is 1. The first-order valence-corrected chi connectivity index (χ1v) is 9.19. The van der Waals surface area contributed by atoms with Gasteiger partial charge in [0.15, 0.2) is 5.65 Å². The predicted octanol–water partition coefficient (Wildman–Crippen LogP) is 3.61. The molecule has 0 aliphatic carbocycles. The van der Waals surface area contributed by atoms with Crippen LogP contribution < -0.4 is 5.32 Å². The van der Waals surface area contributed by atoms with Gasteiger partial charge in [-0.3, -0.25) is 9.48 Å². The number of hydrogen-bond acceptors (Lipinski definition) is 4. The summed E-state index contributed by atoms with van der Waals surface area (Å²) in [5.41, 5.74) is 4.54. The molecule has 0 fully saturated rings. The van der Waals surface area contributed by atoms with E-state index in [4.69, 9.17) is 0 Å². The lowest BCUT2D eigenvalue weighted by molar-refractivity contribution is 0.102. The normalized spacial score (nSPS) is 11.1. The summed E-state index contributed by atoms with van der Waals surface area (Å²) in [5, 5.41) is 11.5. The summed E-state index contributed by atoms with van der Waals surface area (Å²) in [5.74, 6) is -0.235. The van der Waals surface area contributed by atoms with Gasteiger partial charge >= 0.3 is 0 Å². The number of amides is 1. The average molecular weight is 425 g/mol. The van der Waals surface area contributed by atoms with E-state index < -0.39 is 0 Å². The van der Waals surface area contributed by atoms with Crippen molar-refractivity contribution in [3.63, 3.8) is 0 Å². The number of rotatable bonds is 4. The molecule has 0 radical (unpaired) electrons. The number of nitrogens with zero attached hydrogens (tertiary/aromatic N) is 5. The van der Waals surface area contributed by atoms with Gasteiger partial charge in [0, 0.05) is 23.3 Å². The number of halogens is 1. The number of carbonyl (C=O) groups excluding carboxylic acids is 1. The molecule has 1 N–H and O–H groups in total. The van der Waals surface area contributed by atoms with E-state index in [1.54, 1.807) is 16.9 Å². The Bertz CT molecular complexity index is 1150. The van der Waals surface area contributed by atoms with Crippen LogP contribution in [0.1, 0.15) is 27.3 Å². The van der Waals surface area contributed by atoms with Gasteiger partial charge in [-0.1, -0.05) is 12.1 Å². The van der Waals surface area contributed by atoms with Crippen molar-refractivity contribution in [1.82, 2.24) is 24.4 Å². The number of anilines is 1. The minimum atomic E-state index is -0.235. The molecule has 0 aliphatic rings. The van der Waals surface area contributed by atoms with Crippen LogP contribution in [0.25, 0.3) is 5.65 Å². The van der Waals surface area contributed by atoms with Gasteiger partial charge < -0.3 is 5.32 Å². The average Bonchev–Trinajstić information content (AvgIpc) is 3.21. The molecule has 136 valence electrons. The Kier molecular flexibility index (Phi) is 4.49. The van der Waals surface area contributed by atoms with Gasteiger partial charge in [-0.25, -0.2) is 9.50 Å². The molecule has 0 aliphatic heterocycles. The van der Waals surface area contributed by atoms with E-state index >= 15 is 0 Å². The Morgan fingerprint density at radius 1 is 1.19 bits per heavy atom. The van der Waals surface area contributed by atoms with Crippen molar-refractivity contribution in [1.29, 1.82) is 0 Å². The first kappa shape index (κ1) is 17.4. The molecule has 1 amide bonds. The van der Waals surface area contributed by atoms with E-state index in [-0.39, 0.29) is 5.91 Å². The summed E-state index contributed by atoms with van der Waals surface area (Å²) in [7, 11) is 0. The summed E-state index contributed by atoms with van der Waals surface area (Å²) in [6, 6.07) is 9.62. The Morgan fingerprint density at radius 2 is 2.04 bits per heavy atom. The number of benzene rings is 1. The molecule has 3 heterocycles. The predicted molar refractivity (Wildman–Crippen MR) is 106 cm³/mol. The maximum absolute atomic E-state index is 12.8. The summed E-state index contributed by atoms with van der Waals surface area (Å²) in [6.45, 7) is 4.46. The lowest BCUT2D eigenvalue weighted by atomic mass is 10.2. The van der Waals surface area contributed by atoms with Crippen molar-refractivity contribution in [3.05, 3.63) is 75.9 Å². The quantitative estimate of drug-likeness (QED) is 0.542. The Hall–Kier alpha value is -3.00. The fourth-order valence-electron chi connectivity index (χ4n) is 2.99. The molecular weight excluding hydrogens is 408 g/mol.